The monoisotopic (exact) mass is 793 g/mol. The molecule has 0 atom stereocenters. The van der Waals surface area contributed by atoms with Crippen molar-refractivity contribution in [2.45, 2.75) is 5.41 Å². The second-order valence-corrected chi connectivity index (χ2v) is 17.0. The minimum atomic E-state index is -0.524. The van der Waals surface area contributed by atoms with Gasteiger partial charge < -0.3 is 4.90 Å². The summed E-state index contributed by atoms with van der Waals surface area (Å²) in [6.07, 6.45) is 0. The van der Waals surface area contributed by atoms with Crippen molar-refractivity contribution in [1.82, 2.24) is 0 Å². The van der Waals surface area contributed by atoms with Crippen LogP contribution in [-0.2, 0) is 5.41 Å². The van der Waals surface area contributed by atoms with Crippen LogP contribution in [0.25, 0.3) is 64.3 Å². The molecule has 11 aromatic rings. The summed E-state index contributed by atoms with van der Waals surface area (Å²) in [5.74, 6) is 0. The van der Waals surface area contributed by atoms with Crippen LogP contribution in [0.5, 0.6) is 0 Å². The molecule has 1 aliphatic carbocycles. The van der Waals surface area contributed by atoms with Gasteiger partial charge in [0.05, 0.1) is 11.1 Å². The predicted molar refractivity (Wildman–Crippen MR) is 260 cm³/mol. The Hall–Kier alpha value is -7.52. The molecule has 1 aromatic heterocycles. The largest absolute Gasteiger partial charge is 0.310 e. The third-order valence-electron chi connectivity index (χ3n) is 12.7. The molecule has 1 heterocycles. The molecule has 0 amide bonds. The minimum Gasteiger partial charge on any atom is -0.310 e. The van der Waals surface area contributed by atoms with Gasteiger partial charge in [0.2, 0.25) is 0 Å². The van der Waals surface area contributed by atoms with Gasteiger partial charge in [-0.1, -0.05) is 200 Å². The quantitative estimate of drug-likeness (QED) is 0.155. The smallest absolute Gasteiger partial charge is 0.0714 e. The van der Waals surface area contributed by atoms with Gasteiger partial charge in [-0.3, -0.25) is 0 Å². The van der Waals surface area contributed by atoms with Crippen LogP contribution in [0.4, 0.5) is 17.1 Å². The van der Waals surface area contributed by atoms with E-state index in [1.165, 1.54) is 86.6 Å². The maximum absolute atomic E-state index is 2.50. The highest BCUT2D eigenvalue weighted by Gasteiger charge is 2.46. The summed E-state index contributed by atoms with van der Waals surface area (Å²) < 4.78 is 2.63. The molecule has 286 valence electrons. The fraction of sp³-hybridized carbons (Fsp3) is 0.0169. The molecule has 0 spiro atoms. The lowest BCUT2D eigenvalue weighted by molar-refractivity contribution is 0.768. The van der Waals surface area contributed by atoms with Crippen LogP contribution in [-0.4, -0.2) is 0 Å². The van der Waals surface area contributed by atoms with E-state index < -0.39 is 5.41 Å². The van der Waals surface area contributed by atoms with Gasteiger partial charge in [-0.2, -0.15) is 0 Å². The van der Waals surface area contributed by atoms with Crippen molar-refractivity contribution in [3.63, 3.8) is 0 Å². The summed E-state index contributed by atoms with van der Waals surface area (Å²) in [7, 11) is 0. The molecule has 0 unspecified atom stereocenters. The average Bonchev–Trinajstić information content (AvgIpc) is 3.86. The zero-order valence-corrected chi connectivity index (χ0v) is 34.2. The molecule has 0 bridgehead atoms. The Morgan fingerprint density at radius 1 is 0.344 bits per heavy atom. The van der Waals surface area contributed by atoms with Crippen molar-refractivity contribution in [2.75, 3.05) is 4.90 Å². The standard InChI is InChI=1S/C59H39NS/c1-3-21-42(22-4-1)59(43-23-5-2-6-24-43)54-33-12-9-27-49(54)50-37-36-45(39-55(50)59)60(56-34-13-10-28-51(56)48-31-16-19-40-18-7-8-26-46(40)48)44-25-15-20-41(38-44)47-30-17-32-53-52-29-11-14-35-57(52)61-58(47)53/h1-39H. The van der Waals surface area contributed by atoms with Crippen LogP contribution in [0, 0.1) is 0 Å². The molecule has 0 fully saturated rings. The van der Waals surface area contributed by atoms with Gasteiger partial charge in [0.1, 0.15) is 0 Å². The normalized spacial score (nSPS) is 12.7. The molecule has 0 aliphatic heterocycles. The van der Waals surface area contributed by atoms with E-state index in [9.17, 15) is 0 Å². The van der Waals surface area contributed by atoms with Crippen LogP contribution in [0.1, 0.15) is 22.3 Å². The van der Waals surface area contributed by atoms with Crippen molar-refractivity contribution >= 4 is 59.3 Å². The zero-order valence-electron chi connectivity index (χ0n) is 33.4. The summed E-state index contributed by atoms with van der Waals surface area (Å²) in [5, 5.41) is 5.08. The van der Waals surface area contributed by atoms with Crippen LogP contribution in [0.3, 0.4) is 0 Å². The van der Waals surface area contributed by atoms with Crippen molar-refractivity contribution < 1.29 is 0 Å². The number of anilines is 3. The summed E-state index contributed by atoms with van der Waals surface area (Å²) in [5.41, 5.74) is 15.3. The fourth-order valence-electron chi connectivity index (χ4n) is 10.1. The van der Waals surface area contributed by atoms with E-state index in [2.05, 4.69) is 241 Å². The summed E-state index contributed by atoms with van der Waals surface area (Å²) >= 11 is 1.88. The van der Waals surface area contributed by atoms with E-state index >= 15 is 0 Å². The van der Waals surface area contributed by atoms with Crippen LogP contribution in [0.15, 0.2) is 237 Å². The summed E-state index contributed by atoms with van der Waals surface area (Å²) in [4.78, 5) is 2.50. The number of thiophene rings is 1. The molecule has 2 heteroatoms. The molecule has 1 nitrogen and oxygen atoms in total. The van der Waals surface area contributed by atoms with Gasteiger partial charge in [0.25, 0.3) is 0 Å². The number of nitrogens with zero attached hydrogens (tertiary/aromatic N) is 1. The van der Waals surface area contributed by atoms with E-state index in [1.807, 2.05) is 11.3 Å². The first-order valence-corrected chi connectivity index (χ1v) is 21.8. The summed E-state index contributed by atoms with van der Waals surface area (Å²) in [6.45, 7) is 0. The Labute approximate surface area is 360 Å². The van der Waals surface area contributed by atoms with E-state index in [-0.39, 0.29) is 0 Å². The van der Waals surface area contributed by atoms with Gasteiger partial charge >= 0.3 is 0 Å². The Balaban J connectivity index is 1.13. The SMILES string of the molecule is c1ccc(C2(c3ccccc3)c3ccccc3-c3ccc(N(c4cccc(-c5cccc6c5sc5ccccc56)c4)c4ccccc4-c4cccc5ccccc45)cc32)cc1. The van der Waals surface area contributed by atoms with Crippen molar-refractivity contribution in [2.24, 2.45) is 0 Å². The lowest BCUT2D eigenvalue weighted by Crippen LogP contribution is -2.28. The maximum atomic E-state index is 2.50. The van der Waals surface area contributed by atoms with Crippen LogP contribution < -0.4 is 4.90 Å². The Morgan fingerprint density at radius 2 is 0.918 bits per heavy atom. The first kappa shape index (κ1) is 35.4. The second-order valence-electron chi connectivity index (χ2n) is 16.0. The Morgan fingerprint density at radius 3 is 1.75 bits per heavy atom. The first-order chi connectivity index (χ1) is 30.3. The van der Waals surface area contributed by atoms with Crippen molar-refractivity contribution in [3.8, 4) is 33.4 Å². The number of hydrogen-bond donors (Lipinski definition) is 0. The topological polar surface area (TPSA) is 3.24 Å². The predicted octanol–water partition coefficient (Wildman–Crippen LogP) is 16.4. The number of benzene rings is 10. The molecular weight excluding hydrogens is 755 g/mol. The molecule has 0 N–H and O–H groups in total. The van der Waals surface area contributed by atoms with Gasteiger partial charge in [0.15, 0.2) is 0 Å². The number of fused-ring (bicyclic) bond motifs is 7. The molecular formula is C59H39NS. The highest BCUT2D eigenvalue weighted by atomic mass is 32.1. The van der Waals surface area contributed by atoms with E-state index in [0.29, 0.717) is 0 Å². The highest BCUT2D eigenvalue weighted by Crippen LogP contribution is 2.57. The molecule has 1 aliphatic rings. The Bertz CT molecular complexity index is 3390. The zero-order chi connectivity index (χ0) is 40.3. The first-order valence-electron chi connectivity index (χ1n) is 21.0. The molecule has 12 rings (SSSR count). The van der Waals surface area contributed by atoms with Crippen molar-refractivity contribution in [1.29, 1.82) is 0 Å². The van der Waals surface area contributed by atoms with Gasteiger partial charge in [-0.25, -0.2) is 0 Å². The van der Waals surface area contributed by atoms with E-state index in [0.717, 1.165) is 17.1 Å². The number of hydrogen-bond acceptors (Lipinski definition) is 2. The van der Waals surface area contributed by atoms with Crippen LogP contribution in [0.2, 0.25) is 0 Å². The summed E-state index contributed by atoms with van der Waals surface area (Å²) in [6, 6.07) is 87.4. The third-order valence-corrected chi connectivity index (χ3v) is 14.0. The average molecular weight is 794 g/mol. The van der Waals surface area contributed by atoms with Gasteiger partial charge in [0, 0.05) is 37.1 Å². The maximum Gasteiger partial charge on any atom is 0.0714 e. The minimum absolute atomic E-state index is 0.524. The third kappa shape index (κ3) is 5.53. The van der Waals surface area contributed by atoms with E-state index in [4.69, 9.17) is 0 Å². The fourth-order valence-corrected chi connectivity index (χ4v) is 11.4. The number of para-hydroxylation sites is 1. The lowest BCUT2D eigenvalue weighted by atomic mass is 9.67. The lowest BCUT2D eigenvalue weighted by Gasteiger charge is -2.35. The molecule has 0 saturated carbocycles. The molecule has 10 aromatic carbocycles. The molecule has 0 radical (unpaired) electrons. The highest BCUT2D eigenvalue weighted by molar-refractivity contribution is 7.26. The number of rotatable bonds is 7. The molecule has 61 heavy (non-hydrogen) atoms. The van der Waals surface area contributed by atoms with Gasteiger partial charge in [-0.05, 0) is 97.2 Å². The Kier molecular flexibility index (Phi) is 8.33. The van der Waals surface area contributed by atoms with Crippen molar-refractivity contribution in [3.05, 3.63) is 259 Å². The second kappa shape index (κ2) is 14.3. The van der Waals surface area contributed by atoms with Gasteiger partial charge in [-0.15, -0.1) is 11.3 Å². The van der Waals surface area contributed by atoms with E-state index in [1.54, 1.807) is 0 Å². The molecule has 0 saturated heterocycles. The van der Waals surface area contributed by atoms with Crippen LogP contribution >= 0.6 is 11.3 Å².